The number of nitro groups is 1. The van der Waals surface area contributed by atoms with Crippen LogP contribution in [0.3, 0.4) is 0 Å². The highest BCUT2D eigenvalue weighted by Crippen LogP contribution is 2.27. The SMILES string of the molecule is Cc1ccc(Cl)cc1OCc1ccc(Br)c([N+](=O)[O-])c1. The molecule has 2 rings (SSSR count). The fraction of sp³-hybridized carbons (Fsp3) is 0.143. The molecule has 0 aliphatic rings. The summed E-state index contributed by atoms with van der Waals surface area (Å²) >= 11 is 9.06. The number of hydrogen-bond donors (Lipinski definition) is 0. The fourth-order valence-corrected chi connectivity index (χ4v) is 2.23. The van der Waals surface area contributed by atoms with Gasteiger partial charge in [0.25, 0.3) is 5.69 Å². The predicted molar refractivity (Wildman–Crippen MR) is 81.3 cm³/mol. The largest absolute Gasteiger partial charge is 0.489 e. The van der Waals surface area contributed by atoms with Crippen LogP contribution < -0.4 is 4.74 Å². The van der Waals surface area contributed by atoms with E-state index in [1.165, 1.54) is 6.07 Å². The Hall–Kier alpha value is -1.59. The maximum atomic E-state index is 10.9. The van der Waals surface area contributed by atoms with E-state index in [-0.39, 0.29) is 12.3 Å². The fourth-order valence-electron chi connectivity index (χ4n) is 1.68. The van der Waals surface area contributed by atoms with Crippen LogP contribution in [0.25, 0.3) is 0 Å². The summed E-state index contributed by atoms with van der Waals surface area (Å²) in [6.07, 6.45) is 0. The average molecular weight is 357 g/mol. The van der Waals surface area contributed by atoms with E-state index in [4.69, 9.17) is 16.3 Å². The Kier molecular flexibility index (Phi) is 4.62. The number of halogens is 2. The third kappa shape index (κ3) is 3.49. The lowest BCUT2D eigenvalue weighted by Gasteiger charge is -2.09. The van der Waals surface area contributed by atoms with E-state index in [1.54, 1.807) is 24.3 Å². The number of benzene rings is 2. The standard InChI is InChI=1S/C14H11BrClNO3/c1-9-2-4-11(16)7-14(9)20-8-10-3-5-12(15)13(6-10)17(18)19/h2-7H,8H2,1H3. The van der Waals surface area contributed by atoms with Gasteiger partial charge in [-0.2, -0.15) is 0 Å². The van der Waals surface area contributed by atoms with Gasteiger partial charge in [0.1, 0.15) is 12.4 Å². The Morgan fingerprint density at radius 1 is 1.30 bits per heavy atom. The molecule has 4 nitrogen and oxygen atoms in total. The van der Waals surface area contributed by atoms with Crippen LogP contribution in [0.5, 0.6) is 5.75 Å². The third-order valence-corrected chi connectivity index (χ3v) is 3.66. The molecule has 0 fully saturated rings. The Morgan fingerprint density at radius 2 is 2.05 bits per heavy atom. The van der Waals surface area contributed by atoms with Crippen LogP contribution >= 0.6 is 27.5 Å². The quantitative estimate of drug-likeness (QED) is 0.578. The summed E-state index contributed by atoms with van der Waals surface area (Å²) in [4.78, 5) is 10.4. The first-order chi connectivity index (χ1) is 9.47. The molecular weight excluding hydrogens is 346 g/mol. The molecule has 0 aliphatic carbocycles. The van der Waals surface area contributed by atoms with Gasteiger partial charge in [-0.15, -0.1) is 0 Å². The second kappa shape index (κ2) is 6.24. The first-order valence-electron chi connectivity index (χ1n) is 5.79. The smallest absolute Gasteiger partial charge is 0.283 e. The second-order valence-corrected chi connectivity index (χ2v) is 5.53. The molecule has 0 heterocycles. The molecule has 2 aromatic rings. The van der Waals surface area contributed by atoms with Gasteiger partial charge in [-0.1, -0.05) is 23.7 Å². The van der Waals surface area contributed by atoms with Gasteiger partial charge in [0, 0.05) is 11.1 Å². The van der Waals surface area contributed by atoms with E-state index in [2.05, 4.69) is 15.9 Å². The third-order valence-electron chi connectivity index (χ3n) is 2.75. The summed E-state index contributed by atoms with van der Waals surface area (Å²) in [6.45, 7) is 2.16. The molecule has 0 saturated carbocycles. The molecule has 2 aromatic carbocycles. The van der Waals surface area contributed by atoms with Gasteiger partial charge >= 0.3 is 0 Å². The van der Waals surface area contributed by atoms with Gasteiger partial charge in [0.2, 0.25) is 0 Å². The van der Waals surface area contributed by atoms with Gasteiger partial charge in [-0.3, -0.25) is 10.1 Å². The molecule has 6 heteroatoms. The van der Waals surface area contributed by atoms with Crippen molar-refractivity contribution in [3.05, 3.63) is 67.1 Å². The molecule has 0 bridgehead atoms. The van der Waals surface area contributed by atoms with Crippen molar-refractivity contribution in [2.75, 3.05) is 0 Å². The number of ether oxygens (including phenoxy) is 1. The van der Waals surface area contributed by atoms with Gasteiger partial charge in [-0.25, -0.2) is 0 Å². The van der Waals surface area contributed by atoms with Crippen molar-refractivity contribution in [2.24, 2.45) is 0 Å². The molecule has 0 aliphatic heterocycles. The minimum absolute atomic E-state index is 0.0221. The van der Waals surface area contributed by atoms with Crippen LogP contribution in [0.4, 0.5) is 5.69 Å². The van der Waals surface area contributed by atoms with Crippen molar-refractivity contribution in [3.8, 4) is 5.75 Å². The number of nitrogens with zero attached hydrogens (tertiary/aromatic N) is 1. The van der Waals surface area contributed by atoms with Gasteiger partial charge in [0.05, 0.1) is 9.40 Å². The van der Waals surface area contributed by atoms with Crippen molar-refractivity contribution in [3.63, 3.8) is 0 Å². The molecule has 0 radical (unpaired) electrons. The summed E-state index contributed by atoms with van der Waals surface area (Å²) in [6, 6.07) is 10.3. The van der Waals surface area contributed by atoms with E-state index in [1.807, 2.05) is 13.0 Å². The van der Waals surface area contributed by atoms with Crippen molar-refractivity contribution >= 4 is 33.2 Å². The zero-order valence-electron chi connectivity index (χ0n) is 10.6. The van der Waals surface area contributed by atoms with E-state index >= 15 is 0 Å². The Balaban J connectivity index is 2.17. The molecule has 0 atom stereocenters. The average Bonchev–Trinajstić information content (AvgIpc) is 2.41. The number of hydrogen-bond acceptors (Lipinski definition) is 3. The summed E-state index contributed by atoms with van der Waals surface area (Å²) in [5.41, 5.74) is 1.70. The summed E-state index contributed by atoms with van der Waals surface area (Å²) in [5.74, 6) is 0.670. The molecular formula is C14H11BrClNO3. The van der Waals surface area contributed by atoms with E-state index in [0.29, 0.717) is 15.2 Å². The van der Waals surface area contributed by atoms with Crippen LogP contribution in [-0.2, 0) is 6.61 Å². The number of nitro benzene ring substituents is 1. The molecule has 0 N–H and O–H groups in total. The van der Waals surface area contributed by atoms with E-state index in [9.17, 15) is 10.1 Å². The minimum Gasteiger partial charge on any atom is -0.489 e. The maximum absolute atomic E-state index is 10.9. The summed E-state index contributed by atoms with van der Waals surface area (Å²) < 4.78 is 6.11. The van der Waals surface area contributed by atoms with Crippen molar-refractivity contribution in [1.29, 1.82) is 0 Å². The Labute approximate surface area is 129 Å². The van der Waals surface area contributed by atoms with Crippen LogP contribution in [0.15, 0.2) is 40.9 Å². The first-order valence-corrected chi connectivity index (χ1v) is 6.96. The Morgan fingerprint density at radius 3 is 2.75 bits per heavy atom. The van der Waals surface area contributed by atoms with Gasteiger partial charge < -0.3 is 4.74 Å². The number of rotatable bonds is 4. The van der Waals surface area contributed by atoms with Crippen LogP contribution in [0, 0.1) is 17.0 Å². The molecule has 20 heavy (non-hydrogen) atoms. The normalized spacial score (nSPS) is 10.3. The predicted octanol–water partition coefficient (Wildman–Crippen LogP) is 4.90. The van der Waals surface area contributed by atoms with Gasteiger partial charge in [0.15, 0.2) is 0 Å². The van der Waals surface area contributed by atoms with Crippen LogP contribution in [0.1, 0.15) is 11.1 Å². The topological polar surface area (TPSA) is 52.4 Å². The maximum Gasteiger partial charge on any atom is 0.283 e. The van der Waals surface area contributed by atoms with E-state index < -0.39 is 4.92 Å². The first kappa shape index (κ1) is 14.8. The lowest BCUT2D eigenvalue weighted by molar-refractivity contribution is -0.385. The lowest BCUT2D eigenvalue weighted by Crippen LogP contribution is -1.98. The summed E-state index contributed by atoms with van der Waals surface area (Å²) in [5, 5.41) is 11.5. The van der Waals surface area contributed by atoms with Crippen LogP contribution in [0.2, 0.25) is 5.02 Å². The minimum atomic E-state index is -0.432. The lowest BCUT2D eigenvalue weighted by atomic mass is 10.2. The molecule has 104 valence electrons. The molecule has 0 aromatic heterocycles. The molecule has 0 amide bonds. The van der Waals surface area contributed by atoms with Crippen LogP contribution in [-0.4, -0.2) is 4.92 Å². The highest BCUT2D eigenvalue weighted by Gasteiger charge is 2.12. The molecule has 0 spiro atoms. The highest BCUT2D eigenvalue weighted by molar-refractivity contribution is 9.10. The molecule has 0 unspecified atom stereocenters. The van der Waals surface area contributed by atoms with E-state index in [0.717, 1.165) is 11.1 Å². The summed E-state index contributed by atoms with van der Waals surface area (Å²) in [7, 11) is 0. The highest BCUT2D eigenvalue weighted by atomic mass is 79.9. The van der Waals surface area contributed by atoms with Gasteiger partial charge in [-0.05, 0) is 52.2 Å². The monoisotopic (exact) mass is 355 g/mol. The van der Waals surface area contributed by atoms with Crippen molar-refractivity contribution in [2.45, 2.75) is 13.5 Å². The Bertz CT molecular complexity index is 661. The number of aryl methyl sites for hydroxylation is 1. The zero-order chi connectivity index (χ0) is 14.7. The zero-order valence-corrected chi connectivity index (χ0v) is 12.9. The van der Waals surface area contributed by atoms with Crippen molar-refractivity contribution in [1.82, 2.24) is 0 Å². The second-order valence-electron chi connectivity index (χ2n) is 4.24. The molecule has 0 saturated heterocycles. The van der Waals surface area contributed by atoms with Crippen molar-refractivity contribution < 1.29 is 9.66 Å².